The van der Waals surface area contributed by atoms with Gasteiger partial charge in [-0.3, -0.25) is 0 Å². The van der Waals surface area contributed by atoms with Gasteiger partial charge < -0.3 is 10.5 Å². The molecular weight excluding hydrogens is 145 g/mol. The highest BCUT2D eigenvalue weighted by Crippen LogP contribution is 2.13. The minimum atomic E-state index is -0.477. The molecule has 0 fully saturated rings. The third kappa shape index (κ3) is 2.45. The van der Waals surface area contributed by atoms with E-state index < -0.39 is 6.67 Å². The first kappa shape index (κ1) is 7.85. The predicted octanol–water partition coefficient (Wildman–Crippen LogP) is 1.62. The molecule has 0 aliphatic heterocycles. The maximum Gasteiger partial charge on any atom is 0.123 e. The van der Waals surface area contributed by atoms with Crippen LogP contribution in [-0.2, 0) is 0 Å². The third-order valence-electron chi connectivity index (χ3n) is 1.20. The molecule has 1 rings (SSSR count). The smallest absolute Gasteiger partial charge is 0.123 e. The summed E-state index contributed by atoms with van der Waals surface area (Å²) in [6, 6.07) is 6.92. The molecule has 2 nitrogen and oxygen atoms in total. The Hall–Kier alpha value is -1.25. The molecule has 0 atom stereocenters. The van der Waals surface area contributed by atoms with E-state index in [0.717, 1.165) is 0 Å². The van der Waals surface area contributed by atoms with Crippen LogP contribution in [0.15, 0.2) is 24.3 Å². The van der Waals surface area contributed by atoms with Crippen LogP contribution >= 0.6 is 0 Å². The Kier molecular flexibility index (Phi) is 2.72. The lowest BCUT2D eigenvalue weighted by Gasteiger charge is -2.02. The maximum atomic E-state index is 11.6. The van der Waals surface area contributed by atoms with Gasteiger partial charge in [0.1, 0.15) is 19.0 Å². The summed E-state index contributed by atoms with van der Waals surface area (Å²) in [4.78, 5) is 0. The lowest BCUT2D eigenvalue weighted by atomic mass is 10.3. The summed E-state index contributed by atoms with van der Waals surface area (Å²) in [6.07, 6.45) is 0. The Morgan fingerprint density at radius 3 is 2.91 bits per heavy atom. The van der Waals surface area contributed by atoms with Crippen molar-refractivity contribution < 1.29 is 9.13 Å². The number of alkyl halides is 1. The topological polar surface area (TPSA) is 35.2 Å². The summed E-state index contributed by atoms with van der Waals surface area (Å²) in [5.41, 5.74) is 6.08. The van der Waals surface area contributed by atoms with Gasteiger partial charge in [0, 0.05) is 11.8 Å². The third-order valence-corrected chi connectivity index (χ3v) is 1.20. The van der Waals surface area contributed by atoms with Gasteiger partial charge in [-0.15, -0.1) is 0 Å². The molecule has 2 N–H and O–H groups in total. The van der Waals surface area contributed by atoms with Crippen molar-refractivity contribution in [2.45, 2.75) is 0 Å². The Balaban J connectivity index is 2.56. The number of hydrogen-bond donors (Lipinski definition) is 1. The van der Waals surface area contributed by atoms with Gasteiger partial charge in [-0.1, -0.05) is 6.07 Å². The van der Waals surface area contributed by atoms with Crippen LogP contribution in [0.25, 0.3) is 0 Å². The van der Waals surface area contributed by atoms with E-state index in [-0.39, 0.29) is 6.61 Å². The van der Waals surface area contributed by atoms with Crippen LogP contribution in [0.2, 0.25) is 0 Å². The van der Waals surface area contributed by atoms with Gasteiger partial charge in [0.25, 0.3) is 0 Å². The van der Waals surface area contributed by atoms with E-state index in [1.54, 1.807) is 24.3 Å². The standard InChI is InChI=1S/C8H10FNO/c9-4-5-11-8-3-1-2-7(10)6-8/h1-3,6H,4-5,10H2. The van der Waals surface area contributed by atoms with E-state index in [1.165, 1.54) is 0 Å². The molecular formula is C8H10FNO. The minimum absolute atomic E-state index is 0.0868. The fourth-order valence-electron chi connectivity index (χ4n) is 0.761. The van der Waals surface area contributed by atoms with Crippen LogP contribution in [0.3, 0.4) is 0 Å². The lowest BCUT2D eigenvalue weighted by molar-refractivity contribution is 0.273. The van der Waals surface area contributed by atoms with Gasteiger partial charge >= 0.3 is 0 Å². The van der Waals surface area contributed by atoms with E-state index in [9.17, 15) is 4.39 Å². The second-order valence-electron chi connectivity index (χ2n) is 2.11. The summed E-state index contributed by atoms with van der Waals surface area (Å²) in [7, 11) is 0. The molecule has 0 saturated heterocycles. The lowest BCUT2D eigenvalue weighted by Crippen LogP contribution is -1.98. The monoisotopic (exact) mass is 155 g/mol. The number of rotatable bonds is 3. The zero-order valence-electron chi connectivity index (χ0n) is 6.09. The number of hydrogen-bond acceptors (Lipinski definition) is 2. The van der Waals surface area contributed by atoms with E-state index in [1.807, 2.05) is 0 Å². The van der Waals surface area contributed by atoms with Crippen LogP contribution in [-0.4, -0.2) is 13.3 Å². The van der Waals surface area contributed by atoms with E-state index in [4.69, 9.17) is 10.5 Å². The van der Waals surface area contributed by atoms with Gasteiger partial charge in [0.05, 0.1) is 0 Å². The van der Waals surface area contributed by atoms with Crippen LogP contribution in [0.4, 0.5) is 10.1 Å². The first-order valence-electron chi connectivity index (χ1n) is 3.37. The fourth-order valence-corrected chi connectivity index (χ4v) is 0.761. The fraction of sp³-hybridized carbons (Fsp3) is 0.250. The number of ether oxygens (including phenoxy) is 1. The largest absolute Gasteiger partial charge is 0.491 e. The summed E-state index contributed by atoms with van der Waals surface area (Å²) in [5, 5.41) is 0. The molecule has 3 heteroatoms. The SMILES string of the molecule is Nc1cccc(OCCF)c1. The molecule has 0 amide bonds. The minimum Gasteiger partial charge on any atom is -0.491 e. The Bertz CT molecular complexity index is 227. The molecule has 0 heterocycles. The average molecular weight is 155 g/mol. The average Bonchev–Trinajstić information content (AvgIpc) is 2.01. The zero-order chi connectivity index (χ0) is 8.10. The van der Waals surface area contributed by atoms with Gasteiger partial charge in [-0.2, -0.15) is 0 Å². The number of nitrogens with two attached hydrogens (primary N) is 1. The van der Waals surface area contributed by atoms with Gasteiger partial charge in [-0.05, 0) is 12.1 Å². The summed E-state index contributed by atoms with van der Waals surface area (Å²) in [6.45, 7) is -0.391. The van der Waals surface area contributed by atoms with Crippen molar-refractivity contribution in [1.82, 2.24) is 0 Å². The number of nitrogen functional groups attached to an aromatic ring is 1. The van der Waals surface area contributed by atoms with Crippen molar-refractivity contribution >= 4 is 5.69 Å². The maximum absolute atomic E-state index is 11.6. The molecule has 0 spiro atoms. The van der Waals surface area contributed by atoms with Crippen molar-refractivity contribution in [2.24, 2.45) is 0 Å². The van der Waals surface area contributed by atoms with Crippen molar-refractivity contribution in [1.29, 1.82) is 0 Å². The van der Waals surface area contributed by atoms with Gasteiger partial charge in [0.15, 0.2) is 0 Å². The normalized spacial score (nSPS) is 9.55. The predicted molar refractivity (Wildman–Crippen MR) is 42.3 cm³/mol. The van der Waals surface area contributed by atoms with Gasteiger partial charge in [0.2, 0.25) is 0 Å². The van der Waals surface area contributed by atoms with Crippen molar-refractivity contribution in [3.8, 4) is 5.75 Å². The first-order valence-corrected chi connectivity index (χ1v) is 3.37. The molecule has 0 aliphatic carbocycles. The van der Waals surface area contributed by atoms with Crippen LogP contribution in [0, 0.1) is 0 Å². The van der Waals surface area contributed by atoms with E-state index >= 15 is 0 Å². The molecule has 0 aliphatic rings. The highest BCUT2D eigenvalue weighted by atomic mass is 19.1. The van der Waals surface area contributed by atoms with Gasteiger partial charge in [-0.25, -0.2) is 4.39 Å². The number of benzene rings is 1. The summed E-state index contributed by atoms with van der Waals surface area (Å²) < 4.78 is 16.6. The first-order chi connectivity index (χ1) is 5.33. The van der Waals surface area contributed by atoms with Crippen molar-refractivity contribution in [2.75, 3.05) is 19.0 Å². The molecule has 0 unspecified atom stereocenters. The molecule has 0 bridgehead atoms. The van der Waals surface area contributed by atoms with Crippen molar-refractivity contribution in [3.63, 3.8) is 0 Å². The summed E-state index contributed by atoms with van der Waals surface area (Å²) in [5.74, 6) is 0.614. The van der Waals surface area contributed by atoms with Crippen LogP contribution in [0.1, 0.15) is 0 Å². The second kappa shape index (κ2) is 3.81. The molecule has 60 valence electrons. The highest BCUT2D eigenvalue weighted by molar-refractivity contribution is 5.43. The number of anilines is 1. The second-order valence-corrected chi connectivity index (χ2v) is 2.11. The van der Waals surface area contributed by atoms with Crippen molar-refractivity contribution in [3.05, 3.63) is 24.3 Å². The molecule has 0 radical (unpaired) electrons. The van der Waals surface area contributed by atoms with Crippen LogP contribution < -0.4 is 10.5 Å². The highest BCUT2D eigenvalue weighted by Gasteiger charge is 1.91. The Morgan fingerprint density at radius 1 is 1.45 bits per heavy atom. The zero-order valence-corrected chi connectivity index (χ0v) is 6.09. The Morgan fingerprint density at radius 2 is 2.27 bits per heavy atom. The quantitative estimate of drug-likeness (QED) is 0.673. The Labute approximate surface area is 64.8 Å². The molecule has 0 saturated carbocycles. The summed E-state index contributed by atoms with van der Waals surface area (Å²) >= 11 is 0. The molecule has 1 aromatic rings. The van der Waals surface area contributed by atoms with Crippen LogP contribution in [0.5, 0.6) is 5.75 Å². The number of halogens is 1. The molecule has 11 heavy (non-hydrogen) atoms. The molecule has 0 aromatic heterocycles. The molecule has 1 aromatic carbocycles. The van der Waals surface area contributed by atoms with E-state index in [2.05, 4.69) is 0 Å². The van der Waals surface area contributed by atoms with E-state index in [0.29, 0.717) is 11.4 Å².